The third-order valence-corrected chi connectivity index (χ3v) is 5.57. The molecule has 1 fully saturated rings. The third kappa shape index (κ3) is 5.24. The molecule has 1 aliphatic heterocycles. The first-order valence-corrected chi connectivity index (χ1v) is 9.37. The summed E-state index contributed by atoms with van der Waals surface area (Å²) in [6.07, 6.45) is 1.08. The van der Waals surface area contributed by atoms with Crippen molar-refractivity contribution in [3.63, 3.8) is 0 Å². The summed E-state index contributed by atoms with van der Waals surface area (Å²) in [5, 5.41) is 14.5. The molecule has 0 aliphatic carbocycles. The highest BCUT2D eigenvalue weighted by atomic mass is 32.2. The van der Waals surface area contributed by atoms with E-state index in [0.29, 0.717) is 11.7 Å². The van der Waals surface area contributed by atoms with E-state index in [-0.39, 0.29) is 29.8 Å². The van der Waals surface area contributed by atoms with Gasteiger partial charge in [0.1, 0.15) is 6.54 Å². The van der Waals surface area contributed by atoms with Crippen LogP contribution >= 0.6 is 11.8 Å². The van der Waals surface area contributed by atoms with E-state index in [9.17, 15) is 9.59 Å². The summed E-state index contributed by atoms with van der Waals surface area (Å²) in [4.78, 5) is 22.5. The zero-order valence-electron chi connectivity index (χ0n) is 14.4. The van der Waals surface area contributed by atoms with E-state index in [1.54, 1.807) is 11.8 Å². The Morgan fingerprint density at radius 1 is 1.29 bits per heavy atom. The van der Waals surface area contributed by atoms with E-state index >= 15 is 0 Å². The van der Waals surface area contributed by atoms with Crippen LogP contribution in [-0.4, -0.2) is 40.7 Å². The normalized spacial score (nSPS) is 21.7. The quantitative estimate of drug-likeness (QED) is 0.703. The standard InChI is InChI=1S/C18H26N2O3S/c1-11(2)8-13-4-6-14(7-5-13)12(3)18-20-15(10-24-18)17(23)19-9-16(21)22/h4-7,11-12,15,18,20H,8-10H2,1-3H3,(H,19,23)(H,21,22). The van der Waals surface area contributed by atoms with Gasteiger partial charge >= 0.3 is 5.97 Å². The monoisotopic (exact) mass is 350 g/mol. The number of aliphatic carboxylic acids is 1. The van der Waals surface area contributed by atoms with Crippen LogP contribution in [0.1, 0.15) is 37.8 Å². The zero-order chi connectivity index (χ0) is 17.7. The van der Waals surface area contributed by atoms with Gasteiger partial charge in [0.15, 0.2) is 0 Å². The molecule has 1 aliphatic rings. The fourth-order valence-electron chi connectivity index (χ4n) is 2.82. The van der Waals surface area contributed by atoms with Crippen LogP contribution in [-0.2, 0) is 16.0 Å². The number of nitrogens with one attached hydrogen (secondary N) is 2. The number of amides is 1. The number of carbonyl (C=O) groups is 2. The fraction of sp³-hybridized carbons (Fsp3) is 0.556. The van der Waals surface area contributed by atoms with E-state index < -0.39 is 5.97 Å². The Balaban J connectivity index is 1.90. The molecule has 1 aromatic carbocycles. The molecule has 1 amide bonds. The van der Waals surface area contributed by atoms with E-state index in [1.165, 1.54) is 11.1 Å². The molecule has 6 heteroatoms. The van der Waals surface area contributed by atoms with E-state index in [1.807, 2.05) is 0 Å². The van der Waals surface area contributed by atoms with Gasteiger partial charge in [-0.05, 0) is 23.5 Å². The SMILES string of the molecule is CC(C)Cc1ccc(C(C)C2NC(C(=O)NCC(=O)O)CS2)cc1. The Hall–Kier alpha value is -1.53. The van der Waals surface area contributed by atoms with Gasteiger partial charge in [-0.1, -0.05) is 45.0 Å². The van der Waals surface area contributed by atoms with Gasteiger partial charge in [-0.15, -0.1) is 11.8 Å². The molecule has 0 aromatic heterocycles. The van der Waals surface area contributed by atoms with Gasteiger partial charge in [0, 0.05) is 11.7 Å². The Morgan fingerprint density at radius 3 is 2.54 bits per heavy atom. The van der Waals surface area contributed by atoms with Crippen LogP contribution in [0.2, 0.25) is 0 Å². The van der Waals surface area contributed by atoms with Crippen LogP contribution < -0.4 is 10.6 Å². The molecule has 3 atom stereocenters. The Kier molecular flexibility index (Phi) is 6.69. The third-order valence-electron chi connectivity index (χ3n) is 4.14. The van der Waals surface area contributed by atoms with E-state index in [0.717, 1.165) is 6.42 Å². The van der Waals surface area contributed by atoms with Crippen LogP contribution in [0.5, 0.6) is 0 Å². The van der Waals surface area contributed by atoms with Gasteiger partial charge < -0.3 is 10.4 Å². The second-order valence-electron chi connectivity index (χ2n) is 6.71. The summed E-state index contributed by atoms with van der Waals surface area (Å²) in [6, 6.07) is 8.37. The molecule has 1 saturated heterocycles. The Morgan fingerprint density at radius 2 is 1.96 bits per heavy atom. The lowest BCUT2D eigenvalue weighted by Crippen LogP contribution is -2.46. The number of carboxylic acid groups (broad SMARTS) is 1. The van der Waals surface area contributed by atoms with Crippen molar-refractivity contribution < 1.29 is 14.7 Å². The lowest BCUT2D eigenvalue weighted by Gasteiger charge is -2.21. The number of carbonyl (C=O) groups excluding carboxylic acids is 1. The maximum atomic E-state index is 12.0. The second kappa shape index (κ2) is 8.53. The molecule has 0 radical (unpaired) electrons. The molecule has 5 nitrogen and oxygen atoms in total. The molecular formula is C18H26N2O3S. The summed E-state index contributed by atoms with van der Waals surface area (Å²) in [5.74, 6) is 0.310. The molecule has 2 rings (SSSR count). The molecular weight excluding hydrogens is 324 g/mol. The number of hydrogen-bond acceptors (Lipinski definition) is 4. The minimum absolute atomic E-state index is 0.154. The largest absolute Gasteiger partial charge is 0.480 e. The van der Waals surface area contributed by atoms with Crippen LogP contribution in [0.25, 0.3) is 0 Å². The Bertz CT molecular complexity index is 574. The molecule has 0 spiro atoms. The first-order valence-electron chi connectivity index (χ1n) is 8.32. The average molecular weight is 350 g/mol. The molecule has 3 unspecified atom stereocenters. The lowest BCUT2D eigenvalue weighted by atomic mass is 9.96. The maximum Gasteiger partial charge on any atom is 0.322 e. The minimum Gasteiger partial charge on any atom is -0.480 e. The number of hydrogen-bond donors (Lipinski definition) is 3. The molecule has 0 saturated carbocycles. The van der Waals surface area contributed by atoms with Gasteiger partial charge in [0.2, 0.25) is 5.91 Å². The average Bonchev–Trinajstić information content (AvgIpc) is 3.02. The number of benzene rings is 1. The van der Waals surface area contributed by atoms with Crippen LogP contribution in [0.3, 0.4) is 0 Å². The van der Waals surface area contributed by atoms with Crippen molar-refractivity contribution in [2.24, 2.45) is 5.92 Å². The smallest absolute Gasteiger partial charge is 0.322 e. The number of thioether (sulfide) groups is 1. The van der Waals surface area contributed by atoms with E-state index in [4.69, 9.17) is 5.11 Å². The fourth-order valence-corrected chi connectivity index (χ4v) is 4.18. The van der Waals surface area contributed by atoms with Gasteiger partial charge in [0.25, 0.3) is 0 Å². The number of carboxylic acids is 1. The van der Waals surface area contributed by atoms with Crippen molar-refractivity contribution >= 4 is 23.6 Å². The molecule has 3 N–H and O–H groups in total. The second-order valence-corrected chi connectivity index (χ2v) is 7.89. The zero-order valence-corrected chi connectivity index (χ0v) is 15.2. The topological polar surface area (TPSA) is 78.4 Å². The Labute approximate surface area is 147 Å². The maximum absolute atomic E-state index is 12.0. The minimum atomic E-state index is -1.03. The summed E-state index contributed by atoms with van der Waals surface area (Å²) >= 11 is 1.71. The molecule has 132 valence electrons. The summed E-state index contributed by atoms with van der Waals surface area (Å²) in [6.45, 7) is 6.25. The van der Waals surface area contributed by atoms with Crippen LogP contribution in [0.15, 0.2) is 24.3 Å². The first kappa shape index (κ1) is 18.8. The van der Waals surface area contributed by atoms with Crippen molar-refractivity contribution in [1.29, 1.82) is 0 Å². The number of rotatable bonds is 7. The summed E-state index contributed by atoms with van der Waals surface area (Å²) in [7, 11) is 0. The summed E-state index contributed by atoms with van der Waals surface area (Å²) in [5.41, 5.74) is 2.60. The van der Waals surface area contributed by atoms with Crippen LogP contribution in [0, 0.1) is 5.92 Å². The van der Waals surface area contributed by atoms with Crippen LogP contribution in [0.4, 0.5) is 0 Å². The summed E-state index contributed by atoms with van der Waals surface area (Å²) < 4.78 is 0. The van der Waals surface area contributed by atoms with Gasteiger partial charge in [-0.3, -0.25) is 14.9 Å². The van der Waals surface area contributed by atoms with Crippen molar-refractivity contribution in [1.82, 2.24) is 10.6 Å². The molecule has 24 heavy (non-hydrogen) atoms. The van der Waals surface area contributed by atoms with Gasteiger partial charge in [-0.25, -0.2) is 0 Å². The van der Waals surface area contributed by atoms with Gasteiger partial charge in [0.05, 0.1) is 11.4 Å². The van der Waals surface area contributed by atoms with Crippen molar-refractivity contribution in [2.75, 3.05) is 12.3 Å². The van der Waals surface area contributed by atoms with Crippen molar-refractivity contribution in [2.45, 2.75) is 44.5 Å². The highest BCUT2D eigenvalue weighted by Crippen LogP contribution is 2.32. The van der Waals surface area contributed by atoms with Crippen molar-refractivity contribution in [3.05, 3.63) is 35.4 Å². The first-order chi connectivity index (χ1) is 11.4. The van der Waals surface area contributed by atoms with E-state index in [2.05, 4.69) is 55.7 Å². The predicted octanol–water partition coefficient (Wildman–Crippen LogP) is 2.22. The highest BCUT2D eigenvalue weighted by Gasteiger charge is 2.33. The predicted molar refractivity (Wildman–Crippen MR) is 97.2 cm³/mol. The molecule has 0 bridgehead atoms. The molecule has 1 heterocycles. The molecule has 1 aromatic rings. The highest BCUT2D eigenvalue weighted by molar-refractivity contribution is 8.00. The van der Waals surface area contributed by atoms with Gasteiger partial charge in [-0.2, -0.15) is 0 Å². The lowest BCUT2D eigenvalue weighted by molar-refractivity contribution is -0.138. The van der Waals surface area contributed by atoms with Crippen molar-refractivity contribution in [3.8, 4) is 0 Å².